The summed E-state index contributed by atoms with van der Waals surface area (Å²) in [6, 6.07) is 15.1. The van der Waals surface area contributed by atoms with E-state index in [4.69, 9.17) is 5.11 Å². The van der Waals surface area contributed by atoms with Crippen molar-refractivity contribution in [1.29, 1.82) is 0 Å². The molecule has 0 spiro atoms. The van der Waals surface area contributed by atoms with Gasteiger partial charge in [-0.15, -0.1) is 0 Å². The van der Waals surface area contributed by atoms with E-state index < -0.39 is 0 Å². The number of hydrogen-bond acceptors (Lipinski definition) is 2. The number of aliphatic hydroxyl groups is 1. The van der Waals surface area contributed by atoms with Gasteiger partial charge in [0.25, 0.3) is 0 Å². The first kappa shape index (κ1) is 13.1. The highest BCUT2D eigenvalue weighted by Gasteiger charge is 2.30. The largest absolute Gasteiger partial charge is 0.392 e. The third kappa shape index (κ3) is 2.83. The molecule has 1 aliphatic rings. The van der Waals surface area contributed by atoms with Crippen LogP contribution in [-0.4, -0.2) is 11.1 Å². The summed E-state index contributed by atoms with van der Waals surface area (Å²) < 4.78 is 12.9. The number of aliphatic hydroxyl groups excluding tert-OH is 1. The number of benzene rings is 2. The van der Waals surface area contributed by atoms with Crippen molar-refractivity contribution in [1.82, 2.24) is 0 Å². The van der Waals surface area contributed by atoms with Crippen molar-refractivity contribution in [3.8, 4) is 0 Å². The van der Waals surface area contributed by atoms with Gasteiger partial charge in [0.15, 0.2) is 0 Å². The van der Waals surface area contributed by atoms with Gasteiger partial charge in [0.05, 0.1) is 6.61 Å². The van der Waals surface area contributed by atoms with Gasteiger partial charge in [-0.2, -0.15) is 0 Å². The number of halogens is 1. The second kappa shape index (κ2) is 5.63. The molecule has 0 aliphatic heterocycles. The molecule has 20 heavy (non-hydrogen) atoms. The SMILES string of the molecule is OCc1cccc(NC2CC(c3ccc(F)cc3)C2)c1. The summed E-state index contributed by atoms with van der Waals surface area (Å²) in [5.41, 5.74) is 3.19. The second-order valence-corrected chi connectivity index (χ2v) is 5.42. The van der Waals surface area contributed by atoms with Crippen molar-refractivity contribution in [2.75, 3.05) is 5.32 Å². The third-order valence-electron chi connectivity index (χ3n) is 3.96. The maximum Gasteiger partial charge on any atom is 0.123 e. The van der Waals surface area contributed by atoms with Crippen LogP contribution in [0, 0.1) is 5.82 Å². The summed E-state index contributed by atoms with van der Waals surface area (Å²) in [6.07, 6.45) is 2.13. The lowest BCUT2D eigenvalue weighted by atomic mass is 9.76. The number of hydrogen-bond donors (Lipinski definition) is 2. The number of rotatable bonds is 4. The van der Waals surface area contributed by atoms with Gasteiger partial charge in [-0.1, -0.05) is 24.3 Å². The van der Waals surface area contributed by atoms with Gasteiger partial charge in [-0.3, -0.25) is 0 Å². The van der Waals surface area contributed by atoms with E-state index in [9.17, 15) is 4.39 Å². The lowest BCUT2D eigenvalue weighted by Gasteiger charge is -2.37. The van der Waals surface area contributed by atoms with E-state index in [0.29, 0.717) is 12.0 Å². The molecule has 0 aromatic heterocycles. The molecule has 1 aliphatic carbocycles. The molecular formula is C17H18FNO. The van der Waals surface area contributed by atoms with Gasteiger partial charge >= 0.3 is 0 Å². The van der Waals surface area contributed by atoms with E-state index in [-0.39, 0.29) is 12.4 Å². The van der Waals surface area contributed by atoms with Crippen LogP contribution in [0.4, 0.5) is 10.1 Å². The Morgan fingerprint density at radius 1 is 1.10 bits per heavy atom. The van der Waals surface area contributed by atoms with Crippen LogP contribution < -0.4 is 5.32 Å². The third-order valence-corrected chi connectivity index (χ3v) is 3.96. The highest BCUT2D eigenvalue weighted by Crippen LogP contribution is 2.38. The van der Waals surface area contributed by atoms with Crippen molar-refractivity contribution in [3.63, 3.8) is 0 Å². The van der Waals surface area contributed by atoms with Crippen LogP contribution in [0.2, 0.25) is 0 Å². The molecule has 0 unspecified atom stereocenters. The fourth-order valence-electron chi connectivity index (χ4n) is 2.74. The Labute approximate surface area is 118 Å². The first-order valence-electron chi connectivity index (χ1n) is 6.96. The van der Waals surface area contributed by atoms with Crippen LogP contribution in [0.5, 0.6) is 0 Å². The molecule has 0 heterocycles. The summed E-state index contributed by atoms with van der Waals surface area (Å²) in [6.45, 7) is 0.0678. The van der Waals surface area contributed by atoms with Crippen molar-refractivity contribution in [2.45, 2.75) is 31.4 Å². The Balaban J connectivity index is 1.56. The second-order valence-electron chi connectivity index (χ2n) is 5.42. The molecule has 104 valence electrons. The molecule has 3 rings (SSSR count). The van der Waals surface area contributed by atoms with Crippen LogP contribution in [0.1, 0.15) is 29.9 Å². The quantitative estimate of drug-likeness (QED) is 0.889. The summed E-state index contributed by atoms with van der Waals surface area (Å²) in [7, 11) is 0. The predicted octanol–water partition coefficient (Wildman–Crippen LogP) is 3.68. The van der Waals surface area contributed by atoms with Crippen LogP contribution in [-0.2, 0) is 6.61 Å². The maximum atomic E-state index is 12.9. The van der Waals surface area contributed by atoms with E-state index in [1.54, 1.807) is 0 Å². The van der Waals surface area contributed by atoms with E-state index in [0.717, 1.165) is 24.1 Å². The molecule has 2 aromatic carbocycles. The Hall–Kier alpha value is -1.87. The molecule has 0 saturated heterocycles. The van der Waals surface area contributed by atoms with Crippen LogP contribution in [0.3, 0.4) is 0 Å². The maximum absolute atomic E-state index is 12.9. The Morgan fingerprint density at radius 2 is 1.85 bits per heavy atom. The molecule has 2 N–H and O–H groups in total. The number of nitrogens with one attached hydrogen (secondary N) is 1. The number of anilines is 1. The first-order valence-corrected chi connectivity index (χ1v) is 6.96. The topological polar surface area (TPSA) is 32.3 Å². The van der Waals surface area contributed by atoms with E-state index in [1.165, 1.54) is 17.7 Å². The van der Waals surface area contributed by atoms with Crippen molar-refractivity contribution in [3.05, 3.63) is 65.5 Å². The average Bonchev–Trinajstić information content (AvgIpc) is 2.44. The van der Waals surface area contributed by atoms with E-state index >= 15 is 0 Å². The van der Waals surface area contributed by atoms with Crippen molar-refractivity contribution in [2.24, 2.45) is 0 Å². The van der Waals surface area contributed by atoms with Crippen LogP contribution in [0.15, 0.2) is 48.5 Å². The predicted molar refractivity (Wildman–Crippen MR) is 78.2 cm³/mol. The molecule has 0 atom stereocenters. The molecule has 0 bridgehead atoms. The smallest absolute Gasteiger partial charge is 0.123 e. The molecule has 3 heteroatoms. The summed E-state index contributed by atoms with van der Waals surface area (Å²) in [4.78, 5) is 0. The Bertz CT molecular complexity index is 576. The van der Waals surface area contributed by atoms with Crippen LogP contribution >= 0.6 is 0 Å². The molecule has 0 radical (unpaired) electrons. The summed E-state index contributed by atoms with van der Waals surface area (Å²) in [5, 5.41) is 12.6. The van der Waals surface area contributed by atoms with Gasteiger partial charge in [0, 0.05) is 11.7 Å². The highest BCUT2D eigenvalue weighted by atomic mass is 19.1. The fraction of sp³-hybridized carbons (Fsp3) is 0.294. The van der Waals surface area contributed by atoms with Gasteiger partial charge in [-0.25, -0.2) is 4.39 Å². The zero-order valence-electron chi connectivity index (χ0n) is 11.2. The first-order chi connectivity index (χ1) is 9.74. The van der Waals surface area contributed by atoms with Crippen LogP contribution in [0.25, 0.3) is 0 Å². The van der Waals surface area contributed by atoms with Gasteiger partial charge in [0.1, 0.15) is 5.82 Å². The standard InChI is InChI=1S/C17H18FNO/c18-15-6-4-13(5-7-15)14-9-17(10-14)19-16-3-1-2-12(8-16)11-20/h1-8,14,17,19-20H,9-11H2. The molecule has 0 amide bonds. The van der Waals surface area contributed by atoms with Gasteiger partial charge in [0.2, 0.25) is 0 Å². The van der Waals surface area contributed by atoms with Gasteiger partial charge < -0.3 is 10.4 Å². The highest BCUT2D eigenvalue weighted by molar-refractivity contribution is 5.47. The molecule has 1 fully saturated rings. The average molecular weight is 271 g/mol. The minimum atomic E-state index is -0.177. The normalized spacial score (nSPS) is 21.3. The van der Waals surface area contributed by atoms with Crippen molar-refractivity contribution < 1.29 is 9.50 Å². The van der Waals surface area contributed by atoms with E-state index in [2.05, 4.69) is 5.32 Å². The summed E-state index contributed by atoms with van der Waals surface area (Å²) >= 11 is 0. The lowest BCUT2D eigenvalue weighted by molar-refractivity contribution is 0.282. The van der Waals surface area contributed by atoms with Crippen molar-refractivity contribution >= 4 is 5.69 Å². The Kier molecular flexibility index (Phi) is 3.70. The molecule has 1 saturated carbocycles. The van der Waals surface area contributed by atoms with E-state index in [1.807, 2.05) is 36.4 Å². The monoisotopic (exact) mass is 271 g/mol. The van der Waals surface area contributed by atoms with Gasteiger partial charge in [-0.05, 0) is 54.2 Å². The molecule has 2 aromatic rings. The zero-order valence-corrected chi connectivity index (χ0v) is 11.2. The fourth-order valence-corrected chi connectivity index (χ4v) is 2.74. The summed E-state index contributed by atoms with van der Waals surface area (Å²) in [5.74, 6) is 0.345. The Morgan fingerprint density at radius 3 is 2.55 bits per heavy atom. The zero-order chi connectivity index (χ0) is 13.9. The minimum absolute atomic E-state index is 0.0678. The molecular weight excluding hydrogens is 253 g/mol. The lowest BCUT2D eigenvalue weighted by Crippen LogP contribution is -2.34. The molecule has 2 nitrogen and oxygen atoms in total. The minimum Gasteiger partial charge on any atom is -0.392 e.